The Labute approximate surface area is 194 Å². The van der Waals surface area contributed by atoms with Crippen LogP contribution in [0.4, 0.5) is 0 Å². The Morgan fingerprint density at radius 1 is 0.970 bits per heavy atom. The number of likely N-dealkylation sites (tertiary alicyclic amines) is 1. The summed E-state index contributed by atoms with van der Waals surface area (Å²) in [5.74, 6) is 1.35. The fourth-order valence-electron chi connectivity index (χ4n) is 4.78. The van der Waals surface area contributed by atoms with E-state index in [4.69, 9.17) is 4.74 Å². The summed E-state index contributed by atoms with van der Waals surface area (Å²) in [6, 6.07) is 16.3. The molecule has 5 rings (SSSR count). The highest BCUT2D eigenvalue weighted by Gasteiger charge is 2.40. The highest BCUT2D eigenvalue weighted by molar-refractivity contribution is 7.90. The number of para-hydroxylation sites is 1. The molecule has 0 aliphatic carbocycles. The first-order valence-electron chi connectivity index (χ1n) is 11.4. The van der Waals surface area contributed by atoms with Gasteiger partial charge in [-0.3, -0.25) is 9.69 Å². The van der Waals surface area contributed by atoms with Crippen LogP contribution >= 0.6 is 0 Å². The van der Waals surface area contributed by atoms with Gasteiger partial charge in [0.15, 0.2) is 5.84 Å². The van der Waals surface area contributed by atoms with Gasteiger partial charge in [-0.15, -0.1) is 4.40 Å². The van der Waals surface area contributed by atoms with E-state index in [1.807, 2.05) is 46.2 Å². The van der Waals surface area contributed by atoms with Crippen LogP contribution < -0.4 is 4.74 Å². The van der Waals surface area contributed by atoms with E-state index in [0.29, 0.717) is 44.1 Å². The molecule has 3 aliphatic heterocycles. The number of sulfonamides is 1. The Bertz CT molecular complexity index is 1140. The highest BCUT2D eigenvalue weighted by atomic mass is 32.2. The van der Waals surface area contributed by atoms with Crippen molar-refractivity contribution >= 4 is 21.8 Å². The Hall–Kier alpha value is -2.91. The molecule has 2 aromatic carbocycles. The Morgan fingerprint density at radius 2 is 1.70 bits per heavy atom. The number of hydrogen-bond acceptors (Lipinski definition) is 6. The lowest BCUT2D eigenvalue weighted by molar-refractivity contribution is -0.136. The summed E-state index contributed by atoms with van der Waals surface area (Å²) < 4.78 is 34.8. The van der Waals surface area contributed by atoms with Gasteiger partial charge >= 0.3 is 0 Å². The van der Waals surface area contributed by atoms with Crippen LogP contribution in [0.3, 0.4) is 0 Å². The molecular formula is C24H28N4O4S. The fourth-order valence-corrected chi connectivity index (χ4v) is 6.00. The molecule has 0 unspecified atom stereocenters. The zero-order chi connectivity index (χ0) is 22.8. The van der Waals surface area contributed by atoms with E-state index in [2.05, 4.69) is 9.30 Å². The summed E-state index contributed by atoms with van der Waals surface area (Å²) in [6.07, 6.45) is 1.56. The molecule has 1 atom stereocenters. The highest BCUT2D eigenvalue weighted by Crippen LogP contribution is 2.31. The zero-order valence-corrected chi connectivity index (χ0v) is 19.3. The largest absolute Gasteiger partial charge is 0.492 e. The predicted octanol–water partition coefficient (Wildman–Crippen LogP) is 1.82. The summed E-state index contributed by atoms with van der Waals surface area (Å²) >= 11 is 0. The molecule has 33 heavy (non-hydrogen) atoms. The summed E-state index contributed by atoms with van der Waals surface area (Å²) in [7, 11) is -3.70. The smallest absolute Gasteiger partial charge is 0.285 e. The SMILES string of the molecule is O=C([C@@H]1CCCN1C1=NS(=O)(=O)c2ccccc21)N1CCN(CCOc2ccccc2)CC1. The minimum atomic E-state index is -3.70. The van der Waals surface area contributed by atoms with E-state index < -0.39 is 10.0 Å². The van der Waals surface area contributed by atoms with Crippen molar-refractivity contribution in [2.24, 2.45) is 4.40 Å². The van der Waals surface area contributed by atoms with Crippen LogP contribution in [0.15, 0.2) is 63.9 Å². The number of amides is 1. The average molecular weight is 469 g/mol. The average Bonchev–Trinajstić information content (AvgIpc) is 3.42. The van der Waals surface area contributed by atoms with Gasteiger partial charge in [0.2, 0.25) is 5.91 Å². The van der Waals surface area contributed by atoms with E-state index in [-0.39, 0.29) is 16.8 Å². The van der Waals surface area contributed by atoms with Crippen molar-refractivity contribution in [2.45, 2.75) is 23.8 Å². The second kappa shape index (κ2) is 9.15. The van der Waals surface area contributed by atoms with Crippen molar-refractivity contribution in [3.63, 3.8) is 0 Å². The lowest BCUT2D eigenvalue weighted by atomic mass is 10.1. The molecule has 1 amide bonds. The summed E-state index contributed by atoms with van der Waals surface area (Å²) in [5, 5.41) is 0. The maximum absolute atomic E-state index is 13.4. The molecule has 3 heterocycles. The van der Waals surface area contributed by atoms with Crippen LogP contribution in [-0.4, -0.2) is 86.8 Å². The van der Waals surface area contributed by atoms with E-state index >= 15 is 0 Å². The van der Waals surface area contributed by atoms with Crippen molar-refractivity contribution < 1.29 is 17.9 Å². The first-order chi connectivity index (χ1) is 16.0. The zero-order valence-electron chi connectivity index (χ0n) is 18.5. The van der Waals surface area contributed by atoms with E-state index in [1.54, 1.807) is 18.2 Å². The number of nitrogens with zero attached hydrogens (tertiary/aromatic N) is 4. The van der Waals surface area contributed by atoms with Crippen LogP contribution in [0.25, 0.3) is 0 Å². The maximum atomic E-state index is 13.4. The molecule has 8 nitrogen and oxygen atoms in total. The predicted molar refractivity (Wildman–Crippen MR) is 125 cm³/mol. The number of hydrogen-bond donors (Lipinski definition) is 0. The lowest BCUT2D eigenvalue weighted by Crippen LogP contribution is -2.54. The first-order valence-corrected chi connectivity index (χ1v) is 12.9. The minimum Gasteiger partial charge on any atom is -0.492 e. The van der Waals surface area contributed by atoms with Gasteiger partial charge in [-0.2, -0.15) is 8.42 Å². The van der Waals surface area contributed by atoms with Crippen LogP contribution in [0.2, 0.25) is 0 Å². The van der Waals surface area contributed by atoms with Crippen molar-refractivity contribution in [3.8, 4) is 5.75 Å². The molecule has 0 spiro atoms. The molecule has 2 fully saturated rings. The van der Waals surface area contributed by atoms with E-state index in [1.165, 1.54) is 0 Å². The molecule has 2 saturated heterocycles. The second-order valence-corrected chi connectivity index (χ2v) is 10.1. The first kappa shape index (κ1) is 21.9. The number of rotatable bonds is 5. The number of carbonyl (C=O) groups excluding carboxylic acids is 1. The molecule has 2 aromatic rings. The molecule has 174 valence electrons. The lowest BCUT2D eigenvalue weighted by Gasteiger charge is -2.37. The Balaban J connectivity index is 1.18. The number of benzene rings is 2. The van der Waals surface area contributed by atoms with Gasteiger partial charge in [0, 0.05) is 44.8 Å². The van der Waals surface area contributed by atoms with Gasteiger partial charge in [-0.1, -0.05) is 30.3 Å². The minimum absolute atomic E-state index is 0.0668. The quantitative estimate of drug-likeness (QED) is 0.666. The van der Waals surface area contributed by atoms with E-state index in [9.17, 15) is 13.2 Å². The normalized spacial score (nSPS) is 22.2. The van der Waals surface area contributed by atoms with Gasteiger partial charge in [-0.25, -0.2) is 0 Å². The Kier molecular flexibility index (Phi) is 6.07. The number of fused-ring (bicyclic) bond motifs is 1. The fraction of sp³-hybridized carbons (Fsp3) is 0.417. The monoisotopic (exact) mass is 468 g/mol. The third-order valence-corrected chi connectivity index (χ3v) is 7.85. The van der Waals surface area contributed by atoms with Crippen molar-refractivity contribution in [1.82, 2.24) is 14.7 Å². The Morgan fingerprint density at radius 3 is 2.48 bits per heavy atom. The van der Waals surface area contributed by atoms with Crippen LogP contribution in [-0.2, 0) is 14.8 Å². The standard InChI is InChI=1S/C24H28N4O4S/c29-24(27-15-13-26(14-16-27)17-18-32-19-7-2-1-3-8-19)21-10-6-12-28(21)23-20-9-4-5-11-22(20)33(30,31)25-23/h1-5,7-9,11,21H,6,10,12-18H2/t21-/m0/s1. The van der Waals surface area contributed by atoms with Gasteiger partial charge < -0.3 is 14.5 Å². The third kappa shape index (κ3) is 4.47. The van der Waals surface area contributed by atoms with Crippen LogP contribution in [0.5, 0.6) is 5.75 Å². The number of piperazine rings is 1. The molecule has 0 saturated carbocycles. The molecule has 3 aliphatic rings. The van der Waals surface area contributed by atoms with Crippen molar-refractivity contribution in [1.29, 1.82) is 0 Å². The molecule has 9 heteroatoms. The molecule has 0 N–H and O–H groups in total. The van der Waals surface area contributed by atoms with Gasteiger partial charge in [0.1, 0.15) is 23.3 Å². The molecule has 0 aromatic heterocycles. The summed E-state index contributed by atoms with van der Waals surface area (Å²) in [4.78, 5) is 19.7. The molecule has 0 bridgehead atoms. The summed E-state index contributed by atoms with van der Waals surface area (Å²) in [6.45, 7) is 4.99. The summed E-state index contributed by atoms with van der Waals surface area (Å²) in [5.41, 5.74) is 0.598. The van der Waals surface area contributed by atoms with Crippen molar-refractivity contribution in [2.75, 3.05) is 45.9 Å². The number of amidine groups is 1. The van der Waals surface area contributed by atoms with Crippen LogP contribution in [0.1, 0.15) is 18.4 Å². The molecular weight excluding hydrogens is 440 g/mol. The third-order valence-electron chi connectivity index (χ3n) is 6.53. The molecule has 0 radical (unpaired) electrons. The second-order valence-electron chi connectivity index (χ2n) is 8.57. The van der Waals surface area contributed by atoms with Gasteiger partial charge in [0.25, 0.3) is 10.0 Å². The van der Waals surface area contributed by atoms with Gasteiger partial charge in [-0.05, 0) is 37.1 Å². The van der Waals surface area contributed by atoms with Crippen LogP contribution in [0, 0.1) is 0 Å². The van der Waals surface area contributed by atoms with Gasteiger partial charge in [0.05, 0.1) is 0 Å². The topological polar surface area (TPSA) is 82.5 Å². The number of ether oxygens (including phenoxy) is 1. The maximum Gasteiger partial charge on any atom is 0.285 e. The number of carbonyl (C=O) groups is 1. The van der Waals surface area contributed by atoms with Crippen molar-refractivity contribution in [3.05, 3.63) is 60.2 Å². The van der Waals surface area contributed by atoms with E-state index in [0.717, 1.165) is 31.8 Å².